The minimum absolute atomic E-state index is 0.00708. The minimum Gasteiger partial charge on any atom is -0.462 e. The van der Waals surface area contributed by atoms with Gasteiger partial charge in [-0.3, -0.25) is 4.79 Å². The van der Waals surface area contributed by atoms with E-state index in [4.69, 9.17) is 47.4 Å². The van der Waals surface area contributed by atoms with Crippen molar-refractivity contribution in [2.75, 3.05) is 20.8 Å². The van der Waals surface area contributed by atoms with Gasteiger partial charge in [0.1, 0.15) is 42.0 Å². The number of ether oxygens (including phenoxy) is 10. The van der Waals surface area contributed by atoms with E-state index >= 15 is 0 Å². The topological polar surface area (TPSA) is 170 Å². The van der Waals surface area contributed by atoms with Gasteiger partial charge in [0, 0.05) is 52.2 Å². The lowest BCUT2D eigenvalue weighted by molar-refractivity contribution is -0.340. The number of fused-ring (bicyclic) bond motifs is 2. The second-order valence-corrected chi connectivity index (χ2v) is 19.4. The Morgan fingerprint density at radius 3 is 2.35 bits per heavy atom. The Balaban J connectivity index is 1.18. The summed E-state index contributed by atoms with van der Waals surface area (Å²) in [6.45, 7) is 16.3. The molecule has 1 spiro atoms. The Hall–Kier alpha value is -2.05. The highest BCUT2D eigenvalue weighted by Crippen LogP contribution is 2.48. The number of hydrogen-bond acceptors (Lipinski definition) is 14. The number of aliphatic hydroxyl groups is 3. The number of carbonyl (C=O) groups is 1. The van der Waals surface area contributed by atoms with Crippen LogP contribution < -0.4 is 0 Å². The van der Waals surface area contributed by atoms with E-state index in [0.717, 1.165) is 18.4 Å². The van der Waals surface area contributed by atoms with Gasteiger partial charge in [-0.05, 0) is 69.1 Å². The smallest absolute Gasteiger partial charge is 0.316 e. The number of rotatable bonds is 8. The molecule has 7 aliphatic rings. The molecule has 20 atom stereocenters. The maximum atomic E-state index is 14.4. The van der Waals surface area contributed by atoms with Crippen molar-refractivity contribution in [3.05, 3.63) is 47.1 Å². The first-order valence-electron chi connectivity index (χ1n) is 23.2. The highest BCUT2D eigenvalue weighted by Gasteiger charge is 2.60. The van der Waals surface area contributed by atoms with Crippen LogP contribution in [0, 0.1) is 23.7 Å². The summed E-state index contributed by atoms with van der Waals surface area (Å²) in [6.07, 6.45) is 6.53. The van der Waals surface area contributed by atoms with E-state index in [1.807, 2.05) is 19.1 Å². The van der Waals surface area contributed by atoms with Gasteiger partial charge in [-0.1, -0.05) is 64.5 Å². The van der Waals surface area contributed by atoms with Crippen LogP contribution in [0.25, 0.3) is 0 Å². The summed E-state index contributed by atoms with van der Waals surface area (Å²) < 4.78 is 63.9. The number of esters is 1. The summed E-state index contributed by atoms with van der Waals surface area (Å²) in [5.41, 5.74) is 0.188. The fourth-order valence-electron chi connectivity index (χ4n) is 11.0. The Bertz CT molecular complexity index is 1680. The highest BCUT2D eigenvalue weighted by atomic mass is 16.7. The van der Waals surface area contributed by atoms with Crippen LogP contribution in [-0.4, -0.2) is 139 Å². The van der Waals surface area contributed by atoms with Crippen LogP contribution in [-0.2, 0) is 52.2 Å². The lowest BCUT2D eigenvalue weighted by atomic mass is 9.71. The molecule has 0 aromatic carbocycles. The molecule has 2 bridgehead atoms. The van der Waals surface area contributed by atoms with E-state index in [9.17, 15) is 20.1 Å². The van der Waals surface area contributed by atoms with Crippen molar-refractivity contribution in [3.8, 4) is 0 Å². The third-order valence-corrected chi connectivity index (χ3v) is 14.9. The molecule has 350 valence electrons. The van der Waals surface area contributed by atoms with E-state index < -0.39 is 90.8 Å². The van der Waals surface area contributed by atoms with E-state index in [1.54, 1.807) is 40.2 Å². The van der Waals surface area contributed by atoms with E-state index in [2.05, 4.69) is 40.7 Å². The first-order valence-corrected chi connectivity index (χ1v) is 23.2. The molecule has 14 nitrogen and oxygen atoms in total. The van der Waals surface area contributed by atoms with Gasteiger partial charge in [0.15, 0.2) is 18.4 Å². The average Bonchev–Trinajstić information content (AvgIpc) is 3.58. The molecule has 0 aromatic heterocycles. The van der Waals surface area contributed by atoms with Crippen molar-refractivity contribution in [2.45, 2.75) is 204 Å². The summed E-state index contributed by atoms with van der Waals surface area (Å²) in [6, 6.07) is 0. The van der Waals surface area contributed by atoms with Crippen molar-refractivity contribution >= 4 is 5.97 Å². The van der Waals surface area contributed by atoms with Crippen molar-refractivity contribution < 1.29 is 67.5 Å². The molecule has 14 heteroatoms. The number of carbonyl (C=O) groups excluding carboxylic acids is 1. The predicted molar refractivity (Wildman–Crippen MR) is 227 cm³/mol. The maximum absolute atomic E-state index is 14.4. The Labute approximate surface area is 368 Å². The molecule has 0 aromatic rings. The molecule has 7 rings (SSSR count). The van der Waals surface area contributed by atoms with E-state index in [1.165, 1.54) is 0 Å². The normalized spacial score (nSPS) is 48.6. The molecule has 3 N–H and O–H groups in total. The monoisotopic (exact) mass is 875 g/mol. The Morgan fingerprint density at radius 2 is 1.63 bits per heavy atom. The van der Waals surface area contributed by atoms with Gasteiger partial charge in [0.2, 0.25) is 0 Å². The van der Waals surface area contributed by atoms with Gasteiger partial charge in [-0.2, -0.15) is 0 Å². The largest absolute Gasteiger partial charge is 0.462 e. The average molecular weight is 875 g/mol. The Morgan fingerprint density at radius 1 is 0.919 bits per heavy atom. The van der Waals surface area contributed by atoms with Crippen molar-refractivity contribution in [2.24, 2.45) is 23.7 Å². The summed E-state index contributed by atoms with van der Waals surface area (Å²) in [5.74, 6) is -2.10. The van der Waals surface area contributed by atoms with E-state index in [0.29, 0.717) is 61.5 Å². The van der Waals surface area contributed by atoms with Crippen LogP contribution in [0.4, 0.5) is 0 Å². The number of methoxy groups -OCH3 is 2. The van der Waals surface area contributed by atoms with Crippen molar-refractivity contribution in [1.82, 2.24) is 0 Å². The van der Waals surface area contributed by atoms with Crippen LogP contribution in [0.3, 0.4) is 0 Å². The lowest BCUT2D eigenvalue weighted by Gasteiger charge is -2.51. The van der Waals surface area contributed by atoms with Crippen LogP contribution in [0.15, 0.2) is 47.1 Å². The van der Waals surface area contributed by atoms with E-state index in [-0.39, 0.29) is 30.8 Å². The molecule has 6 aliphatic heterocycles. The van der Waals surface area contributed by atoms with Gasteiger partial charge in [0.05, 0.1) is 49.3 Å². The third kappa shape index (κ3) is 9.73. The minimum atomic E-state index is -1.82. The third-order valence-electron chi connectivity index (χ3n) is 14.9. The molecule has 6 heterocycles. The molecule has 0 radical (unpaired) electrons. The standard InChI is InChI=1S/C48H74O14/c1-11-25(2)43-28(5)17-18-47(62-43)23-34-20-33(61-47)16-15-27(4)42(26(3)13-12-14-32-24-55-45-40(49)29(6)19-35(46(51)58-34)48(32,45)52)59-39-22-37(54-10)44(31(8)57-39)60-38-21-36(53-9)41(50)30(7)56-38/h12-15,19,25-26,28,30-31,33-45,49-50,52H,11,16-18,20-24H2,1-10H3/b13-12+,27-15+,32-14?/t25-,26-,28-,30-,31-,33+,34-,35?,36-,37-,38-,39-,40+,41-,42-,43+,44-,45+,47+,48+/m0/s1. The highest BCUT2D eigenvalue weighted by molar-refractivity contribution is 5.78. The van der Waals surface area contributed by atoms with Gasteiger partial charge in [-0.15, -0.1) is 0 Å². The zero-order valence-electron chi connectivity index (χ0n) is 38.5. The lowest BCUT2D eigenvalue weighted by Crippen LogP contribution is -2.58. The zero-order chi connectivity index (χ0) is 44.7. The van der Waals surface area contributed by atoms with Crippen LogP contribution in [0.1, 0.15) is 107 Å². The van der Waals surface area contributed by atoms with Crippen LogP contribution in [0.2, 0.25) is 0 Å². The Kier molecular flexibility index (Phi) is 15.3. The van der Waals surface area contributed by atoms with Gasteiger partial charge < -0.3 is 62.7 Å². The maximum Gasteiger partial charge on any atom is 0.316 e. The fourth-order valence-corrected chi connectivity index (χ4v) is 11.0. The molecule has 1 unspecified atom stereocenters. The van der Waals surface area contributed by atoms with Gasteiger partial charge in [-0.25, -0.2) is 0 Å². The second kappa shape index (κ2) is 19.8. The van der Waals surface area contributed by atoms with Crippen molar-refractivity contribution in [1.29, 1.82) is 0 Å². The molecular weight excluding hydrogens is 801 g/mol. The summed E-state index contributed by atoms with van der Waals surface area (Å²) >= 11 is 0. The molecule has 1 aliphatic carbocycles. The first kappa shape index (κ1) is 47.9. The molecule has 5 saturated heterocycles. The second-order valence-electron chi connectivity index (χ2n) is 19.4. The van der Waals surface area contributed by atoms with Gasteiger partial charge in [0.25, 0.3) is 0 Å². The predicted octanol–water partition coefficient (Wildman–Crippen LogP) is 5.60. The molecule has 62 heavy (non-hydrogen) atoms. The summed E-state index contributed by atoms with van der Waals surface area (Å²) in [4.78, 5) is 14.4. The molecular formula is C48H74O14. The number of aliphatic hydroxyl groups excluding tert-OH is 2. The molecule has 0 saturated carbocycles. The van der Waals surface area contributed by atoms with Gasteiger partial charge >= 0.3 is 5.97 Å². The first-order chi connectivity index (χ1) is 29.5. The van der Waals surface area contributed by atoms with Crippen LogP contribution in [0.5, 0.6) is 0 Å². The zero-order valence-corrected chi connectivity index (χ0v) is 38.5. The number of allylic oxidation sites excluding steroid dienone is 2. The fraction of sp³-hybridized carbons (Fsp3) is 0.812. The summed E-state index contributed by atoms with van der Waals surface area (Å²) in [5, 5.41) is 34.2. The SMILES string of the molecule is CC[C@H](C)[C@H]1O[C@]2(CC[C@@H]1C)C[C@@H]1C[C@@H](C/C=C(\C)[C@@H](O[C@H]3C[C@H](OC)[C@@H](O[C@H]4C[C@H](OC)[C@@H](O)[C@H](C)O4)[C@H](C)O3)[C@@H](C)/C=C/C=C3CO[C@@H]4[C@H](O)C(C)=CC(C(=O)O1)[C@]34O)O2. The summed E-state index contributed by atoms with van der Waals surface area (Å²) in [7, 11) is 3.23. The number of hydrogen-bond donors (Lipinski definition) is 3. The van der Waals surface area contributed by atoms with Crippen molar-refractivity contribution in [3.63, 3.8) is 0 Å². The quantitative estimate of drug-likeness (QED) is 0.204. The molecule has 0 amide bonds. The molecule has 5 fully saturated rings. The van der Waals surface area contributed by atoms with Crippen LogP contribution >= 0.6 is 0 Å².